The van der Waals surface area contributed by atoms with Crippen molar-refractivity contribution < 1.29 is 19.1 Å². The molecule has 0 bridgehead atoms. The molecule has 2 aromatic rings. The first kappa shape index (κ1) is 17.9. The Morgan fingerprint density at radius 1 is 1.36 bits per heavy atom. The summed E-state index contributed by atoms with van der Waals surface area (Å²) in [7, 11) is 0. The minimum atomic E-state index is -0.462. The normalized spacial score (nSPS) is 16.6. The number of thiophene rings is 1. The Morgan fingerprint density at radius 3 is 2.76 bits per heavy atom. The van der Waals surface area contributed by atoms with Gasteiger partial charge in [-0.3, -0.25) is 4.79 Å². The average molecular weight is 380 g/mol. The second kappa shape index (κ2) is 7.99. The van der Waals surface area contributed by atoms with Crippen LogP contribution < -0.4 is 5.32 Å². The van der Waals surface area contributed by atoms with E-state index in [0.717, 1.165) is 12.0 Å². The third kappa shape index (κ3) is 4.03. The SMILES string of the molecule is CCOC(=O)c1c(-c2ccc(Cl)cc2)csc1NC(=O)[C@@H]1CCCO1. The zero-order valence-electron chi connectivity index (χ0n) is 13.7. The predicted molar refractivity (Wildman–Crippen MR) is 98.3 cm³/mol. The number of halogens is 1. The van der Waals surface area contributed by atoms with Gasteiger partial charge in [-0.15, -0.1) is 11.3 Å². The molecule has 1 aromatic carbocycles. The van der Waals surface area contributed by atoms with Crippen molar-refractivity contribution in [3.05, 3.63) is 40.2 Å². The molecule has 5 nitrogen and oxygen atoms in total. The van der Waals surface area contributed by atoms with E-state index >= 15 is 0 Å². The summed E-state index contributed by atoms with van der Waals surface area (Å²) >= 11 is 7.23. The van der Waals surface area contributed by atoms with E-state index in [2.05, 4.69) is 5.32 Å². The number of anilines is 1. The number of carbonyl (C=O) groups excluding carboxylic acids is 2. The molecule has 1 saturated heterocycles. The molecule has 2 heterocycles. The lowest BCUT2D eigenvalue weighted by molar-refractivity contribution is -0.124. The third-order valence-corrected chi connectivity index (χ3v) is 5.03. The van der Waals surface area contributed by atoms with Gasteiger partial charge in [0.2, 0.25) is 0 Å². The van der Waals surface area contributed by atoms with Gasteiger partial charge in [-0.05, 0) is 37.5 Å². The van der Waals surface area contributed by atoms with E-state index in [1.165, 1.54) is 11.3 Å². The lowest BCUT2D eigenvalue weighted by Gasteiger charge is -2.11. The lowest BCUT2D eigenvalue weighted by Crippen LogP contribution is -2.27. The van der Waals surface area contributed by atoms with Crippen LogP contribution in [0.25, 0.3) is 11.1 Å². The average Bonchev–Trinajstić information content (AvgIpc) is 3.25. The summed E-state index contributed by atoms with van der Waals surface area (Å²) < 4.78 is 10.6. The zero-order chi connectivity index (χ0) is 17.8. The summed E-state index contributed by atoms with van der Waals surface area (Å²) in [6, 6.07) is 7.18. The van der Waals surface area contributed by atoms with Crippen LogP contribution in [0.2, 0.25) is 5.02 Å². The van der Waals surface area contributed by atoms with Gasteiger partial charge in [-0.1, -0.05) is 23.7 Å². The van der Waals surface area contributed by atoms with Crippen LogP contribution in [0, 0.1) is 0 Å². The van der Waals surface area contributed by atoms with Crippen molar-refractivity contribution in [1.29, 1.82) is 0 Å². The molecule has 0 aliphatic carbocycles. The molecule has 7 heteroatoms. The molecular formula is C18H18ClNO4S. The zero-order valence-corrected chi connectivity index (χ0v) is 15.3. The highest BCUT2D eigenvalue weighted by molar-refractivity contribution is 7.15. The Bertz CT molecular complexity index is 766. The quantitative estimate of drug-likeness (QED) is 0.784. The van der Waals surface area contributed by atoms with Gasteiger partial charge in [-0.25, -0.2) is 4.79 Å². The number of rotatable bonds is 5. The van der Waals surface area contributed by atoms with E-state index in [9.17, 15) is 9.59 Å². The van der Waals surface area contributed by atoms with Gasteiger partial charge in [-0.2, -0.15) is 0 Å². The van der Waals surface area contributed by atoms with Crippen LogP contribution in [0.3, 0.4) is 0 Å². The van der Waals surface area contributed by atoms with Crippen molar-refractivity contribution in [3.8, 4) is 11.1 Å². The second-order valence-corrected chi connectivity index (χ2v) is 6.89. The van der Waals surface area contributed by atoms with Crippen molar-refractivity contribution >= 4 is 39.8 Å². The summed E-state index contributed by atoms with van der Waals surface area (Å²) in [5, 5.41) is 5.75. The van der Waals surface area contributed by atoms with E-state index in [4.69, 9.17) is 21.1 Å². The van der Waals surface area contributed by atoms with E-state index in [1.807, 2.05) is 17.5 Å². The lowest BCUT2D eigenvalue weighted by atomic mass is 10.0. The van der Waals surface area contributed by atoms with Gasteiger partial charge in [0, 0.05) is 22.6 Å². The number of amides is 1. The summed E-state index contributed by atoms with van der Waals surface area (Å²) in [6.07, 6.45) is 1.09. The van der Waals surface area contributed by atoms with Crippen LogP contribution in [-0.4, -0.2) is 31.2 Å². The standard InChI is InChI=1S/C18H18ClNO4S/c1-2-23-18(22)15-13(11-5-7-12(19)8-6-11)10-25-17(15)20-16(21)14-4-3-9-24-14/h5-8,10,14H,2-4,9H2,1H3,(H,20,21)/t14-/m0/s1. The summed E-state index contributed by atoms with van der Waals surface area (Å²) in [5.41, 5.74) is 1.91. The molecule has 0 saturated carbocycles. The molecule has 0 radical (unpaired) electrons. The topological polar surface area (TPSA) is 64.6 Å². The predicted octanol–water partition coefficient (Wildman–Crippen LogP) is 4.36. The molecule has 1 aromatic heterocycles. The molecular weight excluding hydrogens is 362 g/mol. The monoisotopic (exact) mass is 379 g/mol. The first-order valence-electron chi connectivity index (χ1n) is 8.07. The second-order valence-electron chi connectivity index (χ2n) is 5.57. The Balaban J connectivity index is 1.93. The van der Waals surface area contributed by atoms with Crippen LogP contribution in [0.5, 0.6) is 0 Å². The summed E-state index contributed by atoms with van der Waals surface area (Å²) in [4.78, 5) is 24.8. The molecule has 132 valence electrons. The Kier molecular flexibility index (Phi) is 5.73. The van der Waals surface area contributed by atoms with E-state index in [1.54, 1.807) is 19.1 Å². The van der Waals surface area contributed by atoms with Crippen molar-refractivity contribution in [1.82, 2.24) is 0 Å². The highest BCUT2D eigenvalue weighted by atomic mass is 35.5. The van der Waals surface area contributed by atoms with Crippen LogP contribution in [0.4, 0.5) is 5.00 Å². The fourth-order valence-electron chi connectivity index (χ4n) is 2.67. The largest absolute Gasteiger partial charge is 0.462 e. The summed E-state index contributed by atoms with van der Waals surface area (Å²) in [5.74, 6) is -0.691. The van der Waals surface area contributed by atoms with Crippen LogP contribution in [-0.2, 0) is 14.3 Å². The van der Waals surface area contributed by atoms with Crippen LogP contribution in [0.1, 0.15) is 30.1 Å². The molecule has 25 heavy (non-hydrogen) atoms. The highest BCUT2D eigenvalue weighted by Gasteiger charge is 2.27. The fourth-order valence-corrected chi connectivity index (χ4v) is 3.76. The maximum atomic E-state index is 12.5. The number of benzene rings is 1. The third-order valence-electron chi connectivity index (χ3n) is 3.88. The molecule has 1 atom stereocenters. The van der Waals surface area contributed by atoms with E-state index in [0.29, 0.717) is 34.2 Å². The Hall–Kier alpha value is -1.89. The van der Waals surface area contributed by atoms with Crippen molar-refractivity contribution in [2.45, 2.75) is 25.9 Å². The first-order chi connectivity index (χ1) is 12.1. The van der Waals surface area contributed by atoms with Crippen molar-refractivity contribution in [2.75, 3.05) is 18.5 Å². The number of ether oxygens (including phenoxy) is 2. The van der Waals surface area contributed by atoms with Gasteiger partial charge in [0.15, 0.2) is 0 Å². The molecule has 1 N–H and O–H groups in total. The molecule has 1 fully saturated rings. The molecule has 0 spiro atoms. The van der Waals surface area contributed by atoms with Gasteiger partial charge in [0.1, 0.15) is 16.7 Å². The van der Waals surface area contributed by atoms with Crippen LogP contribution >= 0.6 is 22.9 Å². The maximum absolute atomic E-state index is 12.5. The van der Waals surface area contributed by atoms with Gasteiger partial charge in [0.05, 0.1) is 6.61 Å². The first-order valence-corrected chi connectivity index (χ1v) is 9.33. The molecule has 1 amide bonds. The minimum Gasteiger partial charge on any atom is -0.462 e. The van der Waals surface area contributed by atoms with Crippen molar-refractivity contribution in [2.24, 2.45) is 0 Å². The highest BCUT2D eigenvalue weighted by Crippen LogP contribution is 2.37. The van der Waals surface area contributed by atoms with Gasteiger partial charge >= 0.3 is 5.97 Å². The van der Waals surface area contributed by atoms with E-state index in [-0.39, 0.29) is 12.5 Å². The fraction of sp³-hybridized carbons (Fsp3) is 0.333. The Morgan fingerprint density at radius 2 is 2.12 bits per heavy atom. The molecule has 3 rings (SSSR count). The smallest absolute Gasteiger partial charge is 0.341 e. The summed E-state index contributed by atoms with van der Waals surface area (Å²) in [6.45, 7) is 2.59. The Labute approximate surface area is 154 Å². The molecule has 0 unspecified atom stereocenters. The molecule has 1 aliphatic heterocycles. The van der Waals surface area contributed by atoms with Gasteiger partial charge in [0.25, 0.3) is 5.91 Å². The number of nitrogens with one attached hydrogen (secondary N) is 1. The van der Waals surface area contributed by atoms with E-state index < -0.39 is 12.1 Å². The van der Waals surface area contributed by atoms with Gasteiger partial charge < -0.3 is 14.8 Å². The minimum absolute atomic E-state index is 0.229. The van der Waals surface area contributed by atoms with Crippen LogP contribution in [0.15, 0.2) is 29.6 Å². The number of carbonyl (C=O) groups is 2. The molecule has 1 aliphatic rings. The number of esters is 1. The van der Waals surface area contributed by atoms with Crippen molar-refractivity contribution in [3.63, 3.8) is 0 Å². The maximum Gasteiger partial charge on any atom is 0.341 e. The number of hydrogen-bond acceptors (Lipinski definition) is 5. The number of hydrogen-bond donors (Lipinski definition) is 1.